The van der Waals surface area contributed by atoms with Gasteiger partial charge in [0.1, 0.15) is 5.75 Å². The molecule has 1 aromatic heterocycles. The van der Waals surface area contributed by atoms with Crippen molar-refractivity contribution in [3.63, 3.8) is 0 Å². The van der Waals surface area contributed by atoms with Crippen LogP contribution >= 0.6 is 11.3 Å². The number of urea groups is 1. The largest absolute Gasteiger partial charge is 0.479 e. The van der Waals surface area contributed by atoms with Gasteiger partial charge in [-0.3, -0.25) is 4.79 Å². The molecule has 0 saturated carbocycles. The maximum atomic E-state index is 12.0. The van der Waals surface area contributed by atoms with Crippen molar-refractivity contribution in [1.82, 2.24) is 5.32 Å². The van der Waals surface area contributed by atoms with Gasteiger partial charge in [-0.05, 0) is 44.5 Å². The molecule has 3 rings (SSSR count). The first kappa shape index (κ1) is 17.3. The number of carbonyl (C=O) groups is 2. The number of amides is 3. The fourth-order valence-corrected chi connectivity index (χ4v) is 3.58. The molecule has 1 atom stereocenters. The van der Waals surface area contributed by atoms with E-state index in [0.29, 0.717) is 23.7 Å². The quantitative estimate of drug-likeness (QED) is 0.881. The highest BCUT2D eigenvalue weighted by atomic mass is 32.1. The summed E-state index contributed by atoms with van der Waals surface area (Å²) < 4.78 is 5.62. The molecule has 2 heterocycles. The summed E-state index contributed by atoms with van der Waals surface area (Å²) in [5.74, 6) is 0.497. The second-order valence-electron chi connectivity index (χ2n) is 5.98. The Morgan fingerprint density at radius 1 is 1.32 bits per heavy atom. The Bertz CT molecular complexity index is 803. The summed E-state index contributed by atoms with van der Waals surface area (Å²) in [6.45, 7) is 4.35. The van der Waals surface area contributed by atoms with Gasteiger partial charge in [-0.15, -0.1) is 11.3 Å². The van der Waals surface area contributed by atoms with Gasteiger partial charge in [0, 0.05) is 35.1 Å². The first-order chi connectivity index (χ1) is 11.9. The maximum Gasteiger partial charge on any atom is 0.319 e. The van der Waals surface area contributed by atoms with Gasteiger partial charge in [0.15, 0.2) is 6.10 Å². The van der Waals surface area contributed by atoms with Crippen LogP contribution in [0.1, 0.15) is 16.7 Å². The Kier molecular flexibility index (Phi) is 4.94. The van der Waals surface area contributed by atoms with E-state index in [1.165, 1.54) is 9.75 Å². The molecular weight excluding hydrogens is 338 g/mol. The molecule has 0 bridgehead atoms. The number of rotatable bonds is 4. The lowest BCUT2D eigenvalue weighted by Crippen LogP contribution is -2.42. The Morgan fingerprint density at radius 2 is 2.12 bits per heavy atom. The fraction of sp³-hybridized carbons (Fsp3) is 0.333. The number of thiophene rings is 1. The Labute approximate surface area is 150 Å². The summed E-state index contributed by atoms with van der Waals surface area (Å²) >= 11 is 1.74. The van der Waals surface area contributed by atoms with Crippen molar-refractivity contribution in [2.75, 3.05) is 23.8 Å². The van der Waals surface area contributed by atoms with Crippen molar-refractivity contribution in [2.45, 2.75) is 26.4 Å². The summed E-state index contributed by atoms with van der Waals surface area (Å²) in [4.78, 5) is 28.0. The van der Waals surface area contributed by atoms with Gasteiger partial charge in [-0.2, -0.15) is 0 Å². The van der Waals surface area contributed by atoms with Crippen molar-refractivity contribution < 1.29 is 14.3 Å². The molecule has 2 aromatic rings. The van der Waals surface area contributed by atoms with Crippen LogP contribution in [0.3, 0.4) is 0 Å². The van der Waals surface area contributed by atoms with Crippen LogP contribution in [0.2, 0.25) is 0 Å². The minimum atomic E-state index is -0.532. The molecule has 0 aliphatic carbocycles. The Morgan fingerprint density at radius 3 is 2.84 bits per heavy atom. The van der Waals surface area contributed by atoms with Gasteiger partial charge in [0.2, 0.25) is 0 Å². The lowest BCUT2D eigenvalue weighted by atomic mass is 10.2. The number of benzene rings is 1. The van der Waals surface area contributed by atoms with Crippen LogP contribution in [-0.2, 0) is 11.2 Å². The average Bonchev–Trinajstić information content (AvgIpc) is 2.98. The predicted molar refractivity (Wildman–Crippen MR) is 99.7 cm³/mol. The van der Waals surface area contributed by atoms with Crippen LogP contribution < -0.4 is 20.3 Å². The number of anilines is 2. The second kappa shape index (κ2) is 7.14. The van der Waals surface area contributed by atoms with Gasteiger partial charge in [-0.1, -0.05) is 0 Å². The lowest BCUT2D eigenvalue weighted by Gasteiger charge is -2.30. The number of carbonyl (C=O) groups excluding carboxylic acids is 2. The van der Waals surface area contributed by atoms with Crippen LogP contribution in [-0.4, -0.2) is 31.6 Å². The zero-order valence-electron chi connectivity index (χ0n) is 14.5. The molecule has 7 heteroatoms. The molecule has 0 saturated heterocycles. The molecular formula is C18H21N3O3S. The lowest BCUT2D eigenvalue weighted by molar-refractivity contribution is -0.125. The topological polar surface area (TPSA) is 70.7 Å². The van der Waals surface area contributed by atoms with Crippen LogP contribution in [0.5, 0.6) is 5.75 Å². The van der Waals surface area contributed by atoms with E-state index in [1.54, 1.807) is 48.4 Å². The van der Waals surface area contributed by atoms with Crippen LogP contribution in [0.15, 0.2) is 30.3 Å². The standard InChI is InChI=1S/C18H21N3O3S/c1-11-4-6-14(25-11)8-9-19-18(23)20-13-5-7-15-16(10-13)24-12(2)17(22)21(15)3/h4-7,10,12H,8-9H2,1-3H3,(H2,19,20,23). The summed E-state index contributed by atoms with van der Waals surface area (Å²) in [5.41, 5.74) is 1.32. The molecule has 0 fully saturated rings. The molecule has 25 heavy (non-hydrogen) atoms. The van der Waals surface area contributed by atoms with Gasteiger partial charge in [0.05, 0.1) is 5.69 Å². The number of ether oxygens (including phenoxy) is 1. The monoisotopic (exact) mass is 359 g/mol. The van der Waals surface area contributed by atoms with E-state index in [4.69, 9.17) is 4.74 Å². The van der Waals surface area contributed by atoms with Crippen LogP contribution in [0.4, 0.5) is 16.2 Å². The van der Waals surface area contributed by atoms with Crippen molar-refractivity contribution in [2.24, 2.45) is 0 Å². The summed E-state index contributed by atoms with van der Waals surface area (Å²) in [5, 5.41) is 5.64. The molecule has 132 valence electrons. The molecule has 2 N–H and O–H groups in total. The number of hydrogen-bond acceptors (Lipinski definition) is 4. The molecule has 1 unspecified atom stereocenters. The number of likely N-dealkylation sites (N-methyl/N-ethyl adjacent to an activating group) is 1. The average molecular weight is 359 g/mol. The smallest absolute Gasteiger partial charge is 0.319 e. The second-order valence-corrected chi connectivity index (χ2v) is 7.36. The van der Waals surface area contributed by atoms with Gasteiger partial charge in [-0.25, -0.2) is 4.79 Å². The van der Waals surface area contributed by atoms with Crippen LogP contribution in [0.25, 0.3) is 0 Å². The Balaban J connectivity index is 1.57. The highest BCUT2D eigenvalue weighted by Gasteiger charge is 2.28. The first-order valence-electron chi connectivity index (χ1n) is 8.12. The van der Waals surface area contributed by atoms with Crippen molar-refractivity contribution in [3.8, 4) is 5.75 Å². The van der Waals surface area contributed by atoms with E-state index in [-0.39, 0.29) is 11.9 Å². The first-order valence-corrected chi connectivity index (χ1v) is 8.94. The zero-order chi connectivity index (χ0) is 18.0. The van der Waals surface area contributed by atoms with E-state index in [1.807, 2.05) is 0 Å². The number of fused-ring (bicyclic) bond motifs is 1. The number of nitrogens with zero attached hydrogens (tertiary/aromatic N) is 1. The summed E-state index contributed by atoms with van der Waals surface area (Å²) in [6, 6.07) is 9.15. The van der Waals surface area contributed by atoms with E-state index in [9.17, 15) is 9.59 Å². The minimum absolute atomic E-state index is 0.0882. The molecule has 0 radical (unpaired) electrons. The van der Waals surface area contributed by atoms with E-state index in [2.05, 4.69) is 29.7 Å². The summed E-state index contributed by atoms with van der Waals surface area (Å²) in [6.07, 6.45) is 0.278. The number of aryl methyl sites for hydroxylation is 1. The zero-order valence-corrected chi connectivity index (χ0v) is 15.3. The fourth-order valence-electron chi connectivity index (χ4n) is 2.69. The Hall–Kier alpha value is -2.54. The highest BCUT2D eigenvalue weighted by molar-refractivity contribution is 7.11. The molecule has 1 aliphatic rings. The van der Waals surface area contributed by atoms with Crippen molar-refractivity contribution in [3.05, 3.63) is 40.1 Å². The SMILES string of the molecule is Cc1ccc(CCNC(=O)Nc2ccc3c(c2)OC(C)C(=O)N3C)s1. The third-order valence-electron chi connectivity index (χ3n) is 4.01. The molecule has 1 aliphatic heterocycles. The normalized spacial score (nSPS) is 16.2. The number of hydrogen-bond donors (Lipinski definition) is 2. The minimum Gasteiger partial charge on any atom is -0.479 e. The molecule has 0 spiro atoms. The van der Waals surface area contributed by atoms with E-state index < -0.39 is 6.10 Å². The maximum absolute atomic E-state index is 12.0. The van der Waals surface area contributed by atoms with Gasteiger partial charge >= 0.3 is 6.03 Å². The number of nitrogens with one attached hydrogen (secondary N) is 2. The third kappa shape index (κ3) is 3.93. The van der Waals surface area contributed by atoms with Gasteiger partial charge in [0.25, 0.3) is 5.91 Å². The van der Waals surface area contributed by atoms with Crippen molar-refractivity contribution >= 4 is 34.6 Å². The highest BCUT2D eigenvalue weighted by Crippen LogP contribution is 2.35. The van der Waals surface area contributed by atoms with Gasteiger partial charge < -0.3 is 20.3 Å². The van der Waals surface area contributed by atoms with E-state index >= 15 is 0 Å². The molecule has 3 amide bonds. The van der Waals surface area contributed by atoms with E-state index in [0.717, 1.165) is 6.42 Å². The molecule has 6 nitrogen and oxygen atoms in total. The summed E-state index contributed by atoms with van der Waals surface area (Å²) in [7, 11) is 1.71. The van der Waals surface area contributed by atoms with Crippen LogP contribution in [0, 0.1) is 6.92 Å². The van der Waals surface area contributed by atoms with Crippen molar-refractivity contribution in [1.29, 1.82) is 0 Å². The molecule has 1 aromatic carbocycles. The predicted octanol–water partition coefficient (Wildman–Crippen LogP) is 3.16. The third-order valence-corrected chi connectivity index (χ3v) is 5.07.